The van der Waals surface area contributed by atoms with Gasteiger partial charge in [-0.05, 0) is 48.6 Å². The Kier molecular flexibility index (Phi) is 6.09. The molecule has 0 radical (unpaired) electrons. The molecular weight excluding hydrogens is 268 g/mol. The van der Waals surface area contributed by atoms with Gasteiger partial charge in [0.15, 0.2) is 0 Å². The summed E-state index contributed by atoms with van der Waals surface area (Å²) in [6.45, 7) is 7.69. The van der Waals surface area contributed by atoms with E-state index in [9.17, 15) is 0 Å². The van der Waals surface area contributed by atoms with Crippen molar-refractivity contribution in [3.63, 3.8) is 0 Å². The highest BCUT2D eigenvalue weighted by Gasteiger charge is 2.16. The molecule has 0 aliphatic carbocycles. The first-order valence-corrected chi connectivity index (χ1v) is 6.64. The number of halogens is 1. The number of nitrogens with zero attached hydrogens (tertiary/aromatic N) is 1. The summed E-state index contributed by atoms with van der Waals surface area (Å²) in [7, 11) is 1.97. The zero-order valence-corrected chi connectivity index (χ0v) is 11.9. The predicted octanol–water partition coefficient (Wildman–Crippen LogP) is 3.03. The quantitative estimate of drug-likeness (QED) is 0.836. The van der Waals surface area contributed by atoms with Gasteiger partial charge in [-0.2, -0.15) is 0 Å². The van der Waals surface area contributed by atoms with Crippen molar-refractivity contribution in [3.05, 3.63) is 22.6 Å². The van der Waals surface area contributed by atoms with Crippen molar-refractivity contribution < 1.29 is 4.42 Å². The highest BCUT2D eigenvalue weighted by atomic mass is 79.9. The molecule has 0 aliphatic rings. The minimum absolute atomic E-state index is 0.282. The SMILES string of the molecule is CCN(CC)CCC(NC)c1occc1Br. The minimum Gasteiger partial charge on any atom is -0.466 e. The third kappa shape index (κ3) is 3.61. The Bertz CT molecular complexity index is 297. The van der Waals surface area contributed by atoms with E-state index in [1.165, 1.54) is 0 Å². The largest absolute Gasteiger partial charge is 0.466 e. The minimum atomic E-state index is 0.282. The van der Waals surface area contributed by atoms with Crippen molar-refractivity contribution in [1.29, 1.82) is 0 Å². The maximum atomic E-state index is 5.49. The average Bonchev–Trinajstić information content (AvgIpc) is 2.71. The lowest BCUT2D eigenvalue weighted by Gasteiger charge is -2.21. The molecule has 1 aromatic heterocycles. The third-order valence-corrected chi connectivity index (χ3v) is 3.59. The van der Waals surface area contributed by atoms with Gasteiger partial charge in [-0.3, -0.25) is 0 Å². The first-order valence-electron chi connectivity index (χ1n) is 5.85. The molecule has 1 heterocycles. The summed E-state index contributed by atoms with van der Waals surface area (Å²) in [5.74, 6) is 0.995. The molecule has 0 saturated heterocycles. The number of nitrogens with one attached hydrogen (secondary N) is 1. The maximum Gasteiger partial charge on any atom is 0.134 e. The smallest absolute Gasteiger partial charge is 0.134 e. The number of furan rings is 1. The van der Waals surface area contributed by atoms with E-state index in [1.807, 2.05) is 13.1 Å². The average molecular weight is 289 g/mol. The molecule has 0 aromatic carbocycles. The molecule has 0 aliphatic heterocycles. The van der Waals surface area contributed by atoms with Crippen LogP contribution in [0.3, 0.4) is 0 Å². The molecule has 1 unspecified atom stereocenters. The molecule has 0 bridgehead atoms. The Hall–Kier alpha value is -0.320. The molecule has 1 rings (SSSR count). The number of hydrogen-bond acceptors (Lipinski definition) is 3. The molecule has 0 saturated carbocycles. The first kappa shape index (κ1) is 13.7. The van der Waals surface area contributed by atoms with Crippen molar-refractivity contribution in [1.82, 2.24) is 10.2 Å². The summed E-state index contributed by atoms with van der Waals surface area (Å²) >= 11 is 3.50. The fraction of sp³-hybridized carbons (Fsp3) is 0.667. The van der Waals surface area contributed by atoms with Crippen LogP contribution in [-0.2, 0) is 0 Å². The molecule has 0 spiro atoms. The topological polar surface area (TPSA) is 28.4 Å². The molecule has 1 atom stereocenters. The van der Waals surface area contributed by atoms with Crippen LogP contribution in [0.25, 0.3) is 0 Å². The summed E-state index contributed by atoms with van der Waals surface area (Å²) < 4.78 is 6.54. The van der Waals surface area contributed by atoms with E-state index in [4.69, 9.17) is 4.42 Å². The van der Waals surface area contributed by atoms with E-state index in [0.717, 1.165) is 36.3 Å². The Labute approximate surface area is 106 Å². The van der Waals surface area contributed by atoms with Crippen LogP contribution >= 0.6 is 15.9 Å². The van der Waals surface area contributed by atoms with Crippen LogP contribution in [0, 0.1) is 0 Å². The van der Waals surface area contributed by atoms with E-state index < -0.39 is 0 Å². The standard InChI is InChI=1S/C12H21BrN2O/c1-4-15(5-2)8-6-11(14-3)12-10(13)7-9-16-12/h7,9,11,14H,4-6,8H2,1-3H3. The number of rotatable bonds is 7. The van der Waals surface area contributed by atoms with Crippen LogP contribution in [0.5, 0.6) is 0 Å². The Morgan fingerprint density at radius 1 is 1.44 bits per heavy atom. The van der Waals surface area contributed by atoms with Crippen LogP contribution in [0.1, 0.15) is 32.1 Å². The lowest BCUT2D eigenvalue weighted by Crippen LogP contribution is -2.28. The monoisotopic (exact) mass is 288 g/mol. The van der Waals surface area contributed by atoms with E-state index in [-0.39, 0.29) is 6.04 Å². The van der Waals surface area contributed by atoms with Gasteiger partial charge in [-0.1, -0.05) is 13.8 Å². The van der Waals surface area contributed by atoms with E-state index >= 15 is 0 Å². The van der Waals surface area contributed by atoms with Gasteiger partial charge in [0.05, 0.1) is 16.8 Å². The number of hydrogen-bond donors (Lipinski definition) is 1. The summed E-state index contributed by atoms with van der Waals surface area (Å²) in [4.78, 5) is 2.42. The van der Waals surface area contributed by atoms with E-state index in [0.29, 0.717) is 0 Å². The Morgan fingerprint density at radius 2 is 2.12 bits per heavy atom. The summed E-state index contributed by atoms with van der Waals surface area (Å²) in [6.07, 6.45) is 2.78. The predicted molar refractivity (Wildman–Crippen MR) is 70.6 cm³/mol. The Balaban J connectivity index is 2.53. The molecular formula is C12H21BrN2O. The van der Waals surface area contributed by atoms with Gasteiger partial charge in [0.2, 0.25) is 0 Å². The highest BCUT2D eigenvalue weighted by molar-refractivity contribution is 9.10. The van der Waals surface area contributed by atoms with E-state index in [2.05, 4.69) is 40.0 Å². The second-order valence-electron chi connectivity index (χ2n) is 3.79. The van der Waals surface area contributed by atoms with Crippen molar-refractivity contribution in [3.8, 4) is 0 Å². The van der Waals surface area contributed by atoms with Crippen molar-refractivity contribution in [2.45, 2.75) is 26.3 Å². The zero-order chi connectivity index (χ0) is 12.0. The third-order valence-electron chi connectivity index (χ3n) is 2.94. The van der Waals surface area contributed by atoms with Gasteiger partial charge in [0.1, 0.15) is 5.76 Å². The fourth-order valence-electron chi connectivity index (χ4n) is 1.81. The second kappa shape index (κ2) is 7.09. The molecule has 16 heavy (non-hydrogen) atoms. The molecule has 92 valence electrons. The summed E-state index contributed by atoms with van der Waals surface area (Å²) in [5.41, 5.74) is 0. The maximum absolute atomic E-state index is 5.49. The second-order valence-corrected chi connectivity index (χ2v) is 4.64. The van der Waals surface area contributed by atoms with Crippen LogP contribution in [-0.4, -0.2) is 31.6 Å². The molecule has 4 heteroatoms. The van der Waals surface area contributed by atoms with Gasteiger partial charge in [-0.25, -0.2) is 0 Å². The van der Waals surface area contributed by atoms with Crippen LogP contribution in [0.15, 0.2) is 21.2 Å². The lowest BCUT2D eigenvalue weighted by molar-refractivity contribution is 0.275. The van der Waals surface area contributed by atoms with Crippen molar-refractivity contribution >= 4 is 15.9 Å². The summed E-state index contributed by atoms with van der Waals surface area (Å²) in [6, 6.07) is 2.22. The highest BCUT2D eigenvalue weighted by Crippen LogP contribution is 2.26. The van der Waals surface area contributed by atoms with Gasteiger partial charge in [0, 0.05) is 6.54 Å². The van der Waals surface area contributed by atoms with Gasteiger partial charge in [-0.15, -0.1) is 0 Å². The Morgan fingerprint density at radius 3 is 2.56 bits per heavy atom. The molecule has 1 aromatic rings. The normalized spacial score (nSPS) is 13.3. The van der Waals surface area contributed by atoms with Crippen molar-refractivity contribution in [2.24, 2.45) is 0 Å². The molecule has 0 fully saturated rings. The van der Waals surface area contributed by atoms with Crippen molar-refractivity contribution in [2.75, 3.05) is 26.7 Å². The summed E-state index contributed by atoms with van der Waals surface area (Å²) in [5, 5.41) is 3.30. The fourth-order valence-corrected chi connectivity index (χ4v) is 2.29. The van der Waals surface area contributed by atoms with Gasteiger partial charge >= 0.3 is 0 Å². The lowest BCUT2D eigenvalue weighted by atomic mass is 10.1. The van der Waals surface area contributed by atoms with Crippen LogP contribution in [0.2, 0.25) is 0 Å². The van der Waals surface area contributed by atoms with Gasteiger partial charge < -0.3 is 14.6 Å². The van der Waals surface area contributed by atoms with Gasteiger partial charge in [0.25, 0.3) is 0 Å². The van der Waals surface area contributed by atoms with Crippen LogP contribution < -0.4 is 5.32 Å². The molecule has 0 amide bonds. The van der Waals surface area contributed by atoms with E-state index in [1.54, 1.807) is 6.26 Å². The van der Waals surface area contributed by atoms with Crippen LogP contribution in [0.4, 0.5) is 0 Å². The zero-order valence-electron chi connectivity index (χ0n) is 10.3. The molecule has 1 N–H and O–H groups in total. The molecule has 3 nitrogen and oxygen atoms in total. The first-order chi connectivity index (χ1) is 7.72.